The van der Waals surface area contributed by atoms with Gasteiger partial charge in [-0.05, 0) is 37.3 Å². The van der Waals surface area contributed by atoms with Crippen LogP contribution in [0.3, 0.4) is 0 Å². The first-order valence-corrected chi connectivity index (χ1v) is 9.23. The summed E-state index contributed by atoms with van der Waals surface area (Å²) in [5, 5.41) is 12.4. The molecule has 0 spiro atoms. The number of carbonyl (C=O) groups excluding carboxylic acids is 1. The van der Waals surface area contributed by atoms with Crippen molar-refractivity contribution in [3.63, 3.8) is 0 Å². The lowest BCUT2D eigenvalue weighted by Gasteiger charge is -2.10. The van der Waals surface area contributed by atoms with Gasteiger partial charge in [0.2, 0.25) is 5.91 Å². The standard InChI is InChI=1S/C18H16F3N3O2S/c19-18(20,21)11-6-7-16(26)24(9-11)10-15(25)23-17-13(8-22)12-4-2-1-3-5-14(12)27-17/h6-7,9H,1-5,10H2,(H,23,25). The molecule has 9 heteroatoms. The van der Waals surface area contributed by atoms with Crippen LogP contribution < -0.4 is 10.9 Å². The quantitative estimate of drug-likeness (QED) is 0.805. The SMILES string of the molecule is N#Cc1c(NC(=O)Cn2cc(C(F)(F)F)ccc2=O)sc2c1CCCCC2. The van der Waals surface area contributed by atoms with Gasteiger partial charge in [0, 0.05) is 17.1 Å². The molecule has 2 aromatic rings. The summed E-state index contributed by atoms with van der Waals surface area (Å²) in [6, 6.07) is 3.58. The molecule has 0 unspecified atom stereocenters. The maximum absolute atomic E-state index is 12.8. The molecular weight excluding hydrogens is 379 g/mol. The van der Waals surface area contributed by atoms with Gasteiger partial charge in [0.15, 0.2) is 0 Å². The van der Waals surface area contributed by atoms with E-state index in [-0.39, 0.29) is 0 Å². The fourth-order valence-electron chi connectivity index (χ4n) is 3.09. The van der Waals surface area contributed by atoms with Gasteiger partial charge in [-0.25, -0.2) is 0 Å². The lowest BCUT2D eigenvalue weighted by molar-refractivity contribution is -0.138. The van der Waals surface area contributed by atoms with E-state index in [0.29, 0.717) is 27.4 Å². The predicted molar refractivity (Wildman–Crippen MR) is 94.6 cm³/mol. The number of hydrogen-bond donors (Lipinski definition) is 1. The minimum Gasteiger partial charge on any atom is -0.315 e. The fourth-order valence-corrected chi connectivity index (χ4v) is 4.35. The Labute approximate surface area is 157 Å². The number of fused-ring (bicyclic) bond motifs is 1. The topological polar surface area (TPSA) is 74.9 Å². The Morgan fingerprint density at radius 2 is 2.00 bits per heavy atom. The number of alkyl halides is 3. The Hall–Kier alpha value is -2.60. The largest absolute Gasteiger partial charge is 0.417 e. The molecule has 0 fully saturated rings. The van der Waals surface area contributed by atoms with E-state index in [9.17, 15) is 28.0 Å². The van der Waals surface area contributed by atoms with Crippen molar-refractivity contribution in [3.8, 4) is 6.07 Å². The van der Waals surface area contributed by atoms with Crippen molar-refractivity contribution in [3.05, 3.63) is 50.3 Å². The number of carbonyl (C=O) groups is 1. The van der Waals surface area contributed by atoms with Crippen molar-refractivity contribution in [1.82, 2.24) is 4.57 Å². The van der Waals surface area contributed by atoms with Crippen LogP contribution in [0.5, 0.6) is 0 Å². The third kappa shape index (κ3) is 4.22. The molecule has 2 aromatic heterocycles. The highest BCUT2D eigenvalue weighted by Crippen LogP contribution is 2.37. The summed E-state index contributed by atoms with van der Waals surface area (Å²) in [7, 11) is 0. The number of nitrogens with one attached hydrogen (secondary N) is 1. The van der Waals surface area contributed by atoms with E-state index in [1.807, 2.05) is 0 Å². The Kier molecular flexibility index (Phi) is 5.37. The van der Waals surface area contributed by atoms with Crippen LogP contribution in [0.4, 0.5) is 18.2 Å². The molecule has 2 heterocycles. The van der Waals surface area contributed by atoms with Crippen LogP contribution in [0.2, 0.25) is 0 Å². The summed E-state index contributed by atoms with van der Waals surface area (Å²) in [6.45, 7) is -0.559. The number of thiophene rings is 1. The van der Waals surface area contributed by atoms with Gasteiger partial charge in [0.1, 0.15) is 17.6 Å². The molecule has 0 saturated carbocycles. The summed E-state index contributed by atoms with van der Waals surface area (Å²) in [5.41, 5.74) is -0.343. The highest BCUT2D eigenvalue weighted by molar-refractivity contribution is 7.16. The van der Waals surface area contributed by atoms with Crippen molar-refractivity contribution in [1.29, 1.82) is 5.26 Å². The van der Waals surface area contributed by atoms with Gasteiger partial charge in [-0.15, -0.1) is 11.3 Å². The minimum absolute atomic E-state index is 0.398. The Balaban J connectivity index is 1.81. The summed E-state index contributed by atoms with van der Waals surface area (Å²) >= 11 is 1.33. The highest BCUT2D eigenvalue weighted by atomic mass is 32.1. The molecule has 27 heavy (non-hydrogen) atoms. The van der Waals surface area contributed by atoms with Crippen molar-refractivity contribution in [2.24, 2.45) is 0 Å². The smallest absolute Gasteiger partial charge is 0.315 e. The zero-order valence-corrected chi connectivity index (χ0v) is 15.0. The van der Waals surface area contributed by atoms with Gasteiger partial charge in [0.05, 0.1) is 11.1 Å². The fraction of sp³-hybridized carbons (Fsp3) is 0.389. The Morgan fingerprint density at radius 3 is 2.70 bits per heavy atom. The molecular formula is C18H16F3N3O2S. The molecule has 1 N–H and O–H groups in total. The monoisotopic (exact) mass is 395 g/mol. The number of aromatic nitrogens is 1. The predicted octanol–water partition coefficient (Wildman–Crippen LogP) is 3.71. The molecule has 0 saturated heterocycles. The first-order chi connectivity index (χ1) is 12.8. The van der Waals surface area contributed by atoms with Crippen LogP contribution in [0.25, 0.3) is 0 Å². The maximum atomic E-state index is 12.8. The number of rotatable bonds is 3. The van der Waals surface area contributed by atoms with Crippen molar-refractivity contribution in [2.75, 3.05) is 5.32 Å². The van der Waals surface area contributed by atoms with Gasteiger partial charge in [-0.1, -0.05) is 6.42 Å². The van der Waals surface area contributed by atoms with Gasteiger partial charge in [-0.2, -0.15) is 18.4 Å². The van der Waals surface area contributed by atoms with Gasteiger partial charge >= 0.3 is 6.18 Å². The number of amides is 1. The number of anilines is 1. The van der Waals surface area contributed by atoms with E-state index in [2.05, 4.69) is 11.4 Å². The van der Waals surface area contributed by atoms with Gasteiger partial charge < -0.3 is 9.88 Å². The molecule has 0 atom stereocenters. The normalized spacial score (nSPS) is 14.1. The molecule has 0 aliphatic heterocycles. The van der Waals surface area contributed by atoms with E-state index in [1.165, 1.54) is 11.3 Å². The average Bonchev–Trinajstić information content (AvgIpc) is 2.75. The van der Waals surface area contributed by atoms with Crippen molar-refractivity contribution < 1.29 is 18.0 Å². The number of aryl methyl sites for hydroxylation is 1. The second kappa shape index (κ2) is 7.56. The molecule has 0 bridgehead atoms. The van der Waals surface area contributed by atoms with Gasteiger partial charge in [0.25, 0.3) is 5.56 Å². The van der Waals surface area contributed by atoms with Crippen LogP contribution in [0.15, 0.2) is 23.1 Å². The zero-order valence-electron chi connectivity index (χ0n) is 14.2. The zero-order chi connectivity index (χ0) is 19.6. The number of hydrogen-bond acceptors (Lipinski definition) is 4. The van der Waals surface area contributed by atoms with E-state index in [1.54, 1.807) is 0 Å². The molecule has 1 aliphatic carbocycles. The van der Waals surface area contributed by atoms with Crippen LogP contribution in [-0.2, 0) is 30.4 Å². The lowest BCUT2D eigenvalue weighted by atomic mass is 10.1. The Bertz CT molecular complexity index is 970. The van der Waals surface area contributed by atoms with E-state index in [0.717, 1.165) is 48.6 Å². The summed E-state index contributed by atoms with van der Waals surface area (Å²) in [6.07, 6.45) is 0.723. The lowest BCUT2D eigenvalue weighted by Crippen LogP contribution is -2.28. The molecule has 0 radical (unpaired) electrons. The highest BCUT2D eigenvalue weighted by Gasteiger charge is 2.31. The molecule has 142 valence electrons. The van der Waals surface area contributed by atoms with E-state index >= 15 is 0 Å². The first-order valence-electron chi connectivity index (χ1n) is 8.42. The van der Waals surface area contributed by atoms with Crippen molar-refractivity contribution >= 4 is 22.2 Å². The average molecular weight is 395 g/mol. The third-order valence-corrected chi connectivity index (χ3v) is 5.62. The molecule has 3 rings (SSSR count). The molecule has 1 aliphatic rings. The van der Waals surface area contributed by atoms with Crippen LogP contribution in [0.1, 0.15) is 40.8 Å². The number of halogens is 3. The van der Waals surface area contributed by atoms with Crippen LogP contribution >= 0.6 is 11.3 Å². The first kappa shape index (κ1) is 19.2. The van der Waals surface area contributed by atoms with Crippen molar-refractivity contribution in [2.45, 2.75) is 44.8 Å². The van der Waals surface area contributed by atoms with E-state index < -0.39 is 29.8 Å². The van der Waals surface area contributed by atoms with Crippen LogP contribution in [-0.4, -0.2) is 10.5 Å². The molecule has 1 amide bonds. The van der Waals surface area contributed by atoms with E-state index in [4.69, 9.17) is 0 Å². The summed E-state index contributed by atoms with van der Waals surface area (Å²) in [5.74, 6) is -0.649. The summed E-state index contributed by atoms with van der Waals surface area (Å²) < 4.78 is 39.1. The molecule has 5 nitrogen and oxygen atoms in total. The molecule has 0 aromatic carbocycles. The number of nitriles is 1. The summed E-state index contributed by atoms with van der Waals surface area (Å²) in [4.78, 5) is 25.1. The maximum Gasteiger partial charge on any atom is 0.417 e. The van der Waals surface area contributed by atoms with Crippen LogP contribution in [0, 0.1) is 11.3 Å². The Morgan fingerprint density at radius 1 is 1.26 bits per heavy atom. The number of pyridine rings is 1. The third-order valence-electron chi connectivity index (χ3n) is 4.41. The van der Waals surface area contributed by atoms with Gasteiger partial charge in [-0.3, -0.25) is 9.59 Å². The second-order valence-corrected chi connectivity index (χ2v) is 7.42. The minimum atomic E-state index is -4.61. The number of nitrogens with zero attached hydrogens (tertiary/aromatic N) is 2. The second-order valence-electron chi connectivity index (χ2n) is 6.31.